The lowest BCUT2D eigenvalue weighted by molar-refractivity contribution is 0.102. The fourth-order valence-corrected chi connectivity index (χ4v) is 2.63. The highest BCUT2D eigenvalue weighted by atomic mass is 16.5. The van der Waals surface area contributed by atoms with E-state index in [4.69, 9.17) is 4.74 Å². The molecule has 0 saturated heterocycles. The summed E-state index contributed by atoms with van der Waals surface area (Å²) >= 11 is 0. The van der Waals surface area contributed by atoms with Crippen molar-refractivity contribution in [2.75, 3.05) is 12.4 Å². The van der Waals surface area contributed by atoms with Gasteiger partial charge in [-0.15, -0.1) is 0 Å². The molecule has 1 unspecified atom stereocenters. The van der Waals surface area contributed by atoms with Gasteiger partial charge in [0.15, 0.2) is 0 Å². The first-order valence-electron chi connectivity index (χ1n) is 7.96. The second kappa shape index (κ2) is 7.64. The molecule has 0 radical (unpaired) electrons. The highest BCUT2D eigenvalue weighted by Crippen LogP contribution is 2.27. The summed E-state index contributed by atoms with van der Waals surface area (Å²) in [7, 11) is 1.59. The molecule has 0 aliphatic carbocycles. The van der Waals surface area contributed by atoms with Crippen molar-refractivity contribution < 1.29 is 14.6 Å². The van der Waals surface area contributed by atoms with Gasteiger partial charge < -0.3 is 15.2 Å². The van der Waals surface area contributed by atoms with Gasteiger partial charge in [0.1, 0.15) is 11.9 Å². The molecule has 1 amide bonds. The Balaban J connectivity index is 1.88. The van der Waals surface area contributed by atoms with Gasteiger partial charge in [0, 0.05) is 11.3 Å². The summed E-state index contributed by atoms with van der Waals surface area (Å²) in [6.45, 7) is 0. The fourth-order valence-electron chi connectivity index (χ4n) is 2.63. The van der Waals surface area contributed by atoms with Gasteiger partial charge >= 0.3 is 0 Å². The van der Waals surface area contributed by atoms with Crippen LogP contribution in [0.2, 0.25) is 0 Å². The highest BCUT2D eigenvalue weighted by Gasteiger charge is 2.18. The zero-order chi connectivity index (χ0) is 17.6. The predicted molar refractivity (Wildman–Crippen MR) is 97.9 cm³/mol. The maximum absolute atomic E-state index is 12.6. The minimum atomic E-state index is -0.899. The van der Waals surface area contributed by atoms with E-state index in [9.17, 15) is 9.90 Å². The van der Waals surface area contributed by atoms with Crippen molar-refractivity contribution in [1.29, 1.82) is 0 Å². The van der Waals surface area contributed by atoms with Crippen molar-refractivity contribution in [3.63, 3.8) is 0 Å². The first-order valence-corrected chi connectivity index (χ1v) is 7.96. The van der Waals surface area contributed by atoms with Crippen LogP contribution in [-0.2, 0) is 0 Å². The molecule has 0 saturated carbocycles. The molecule has 0 aliphatic rings. The van der Waals surface area contributed by atoms with E-state index in [-0.39, 0.29) is 5.91 Å². The van der Waals surface area contributed by atoms with E-state index >= 15 is 0 Å². The summed E-state index contributed by atoms with van der Waals surface area (Å²) in [6, 6.07) is 23.4. The molecular weight excluding hydrogens is 314 g/mol. The minimum absolute atomic E-state index is 0.255. The summed E-state index contributed by atoms with van der Waals surface area (Å²) in [6.07, 6.45) is -0.899. The van der Waals surface area contributed by atoms with Crippen molar-refractivity contribution in [2.45, 2.75) is 6.10 Å². The van der Waals surface area contributed by atoms with Crippen LogP contribution in [-0.4, -0.2) is 18.1 Å². The number of hydrogen-bond acceptors (Lipinski definition) is 3. The van der Waals surface area contributed by atoms with E-state index in [0.717, 1.165) is 0 Å². The number of aliphatic hydroxyl groups excluding tert-OH is 1. The monoisotopic (exact) mass is 333 g/mol. The summed E-state index contributed by atoms with van der Waals surface area (Å²) in [5, 5.41) is 13.6. The molecule has 2 N–H and O–H groups in total. The Kier molecular flexibility index (Phi) is 5.11. The topological polar surface area (TPSA) is 58.6 Å². The fraction of sp³-hybridized carbons (Fsp3) is 0.0952. The average molecular weight is 333 g/mol. The second-order valence-electron chi connectivity index (χ2n) is 5.58. The molecule has 4 heteroatoms. The number of rotatable bonds is 5. The summed E-state index contributed by atoms with van der Waals surface area (Å²) in [5.74, 6) is 0.459. The number of anilines is 1. The van der Waals surface area contributed by atoms with E-state index in [1.165, 1.54) is 0 Å². The maximum Gasteiger partial charge on any atom is 0.256 e. The lowest BCUT2D eigenvalue weighted by Crippen LogP contribution is -2.16. The number of amides is 1. The van der Waals surface area contributed by atoms with E-state index in [1.54, 1.807) is 55.6 Å². The zero-order valence-electron chi connectivity index (χ0n) is 13.8. The molecule has 0 fully saturated rings. The van der Waals surface area contributed by atoms with Crippen LogP contribution in [0.5, 0.6) is 5.75 Å². The Labute approximate surface area is 146 Å². The normalized spacial score (nSPS) is 11.6. The van der Waals surface area contributed by atoms with Crippen LogP contribution >= 0.6 is 0 Å². The van der Waals surface area contributed by atoms with E-state index in [2.05, 4.69) is 5.32 Å². The van der Waals surface area contributed by atoms with Gasteiger partial charge in [0.05, 0.1) is 7.11 Å². The summed E-state index contributed by atoms with van der Waals surface area (Å²) in [4.78, 5) is 12.6. The predicted octanol–water partition coefficient (Wildman–Crippen LogP) is 4.03. The van der Waals surface area contributed by atoms with Crippen LogP contribution in [0, 0.1) is 0 Å². The van der Waals surface area contributed by atoms with Crippen LogP contribution < -0.4 is 10.1 Å². The maximum atomic E-state index is 12.6. The Morgan fingerprint density at radius 2 is 1.56 bits per heavy atom. The van der Waals surface area contributed by atoms with E-state index in [0.29, 0.717) is 28.1 Å². The Morgan fingerprint density at radius 1 is 0.920 bits per heavy atom. The molecule has 0 spiro atoms. The first-order chi connectivity index (χ1) is 12.2. The lowest BCUT2D eigenvalue weighted by atomic mass is 9.96. The standard InChI is InChI=1S/C21H19NO3/c1-25-17-13-11-15(12-14-17)20(23)18-9-5-6-10-19(18)21(24)22-16-7-3-2-4-8-16/h2-14,20,23H,1H3,(H,22,24). The Bertz CT molecular complexity index is 845. The van der Waals surface area contributed by atoms with Crippen LogP contribution in [0.15, 0.2) is 78.9 Å². The number of carbonyl (C=O) groups is 1. The van der Waals surface area contributed by atoms with Crippen LogP contribution in [0.3, 0.4) is 0 Å². The van der Waals surface area contributed by atoms with Crippen molar-refractivity contribution in [1.82, 2.24) is 0 Å². The Hall–Kier alpha value is -3.11. The van der Waals surface area contributed by atoms with E-state index in [1.807, 2.05) is 30.3 Å². The zero-order valence-corrected chi connectivity index (χ0v) is 13.8. The van der Waals surface area contributed by atoms with Crippen molar-refractivity contribution >= 4 is 11.6 Å². The molecule has 0 aliphatic heterocycles. The van der Waals surface area contributed by atoms with Gasteiger partial charge in [-0.2, -0.15) is 0 Å². The summed E-state index contributed by atoms with van der Waals surface area (Å²) in [5.41, 5.74) is 2.40. The molecular formula is C21H19NO3. The SMILES string of the molecule is COc1ccc(C(O)c2ccccc2C(=O)Nc2ccccc2)cc1. The van der Waals surface area contributed by atoms with Crippen LogP contribution in [0.25, 0.3) is 0 Å². The van der Waals surface area contributed by atoms with Crippen molar-refractivity contribution in [3.8, 4) is 5.75 Å². The van der Waals surface area contributed by atoms with Crippen molar-refractivity contribution in [3.05, 3.63) is 95.6 Å². The number of ether oxygens (including phenoxy) is 1. The number of para-hydroxylation sites is 1. The van der Waals surface area contributed by atoms with Crippen LogP contribution in [0.4, 0.5) is 5.69 Å². The third kappa shape index (κ3) is 3.87. The average Bonchev–Trinajstić information content (AvgIpc) is 2.68. The molecule has 3 rings (SSSR count). The molecule has 126 valence electrons. The molecule has 4 nitrogen and oxygen atoms in total. The van der Waals surface area contributed by atoms with Gasteiger partial charge in [-0.25, -0.2) is 0 Å². The quantitative estimate of drug-likeness (QED) is 0.741. The van der Waals surface area contributed by atoms with E-state index < -0.39 is 6.10 Å². The first kappa shape index (κ1) is 16.7. The van der Waals surface area contributed by atoms with Gasteiger partial charge in [0.25, 0.3) is 5.91 Å². The molecule has 3 aromatic carbocycles. The third-order valence-electron chi connectivity index (χ3n) is 3.96. The second-order valence-corrected chi connectivity index (χ2v) is 5.58. The van der Waals surface area contributed by atoms with Gasteiger partial charge in [-0.1, -0.05) is 48.5 Å². The number of hydrogen-bond donors (Lipinski definition) is 2. The minimum Gasteiger partial charge on any atom is -0.497 e. The highest BCUT2D eigenvalue weighted by molar-refractivity contribution is 6.05. The lowest BCUT2D eigenvalue weighted by Gasteiger charge is -2.16. The molecule has 3 aromatic rings. The number of carbonyl (C=O) groups excluding carboxylic acids is 1. The van der Waals surface area contributed by atoms with Crippen molar-refractivity contribution in [2.24, 2.45) is 0 Å². The third-order valence-corrected chi connectivity index (χ3v) is 3.96. The molecule has 0 heterocycles. The van der Waals surface area contributed by atoms with Gasteiger partial charge in [-0.05, 0) is 41.5 Å². The smallest absolute Gasteiger partial charge is 0.256 e. The molecule has 1 atom stereocenters. The van der Waals surface area contributed by atoms with Gasteiger partial charge in [0.2, 0.25) is 0 Å². The molecule has 25 heavy (non-hydrogen) atoms. The number of benzene rings is 3. The molecule has 0 bridgehead atoms. The largest absolute Gasteiger partial charge is 0.497 e. The summed E-state index contributed by atoms with van der Waals surface area (Å²) < 4.78 is 5.14. The molecule has 0 aromatic heterocycles. The van der Waals surface area contributed by atoms with Gasteiger partial charge in [-0.3, -0.25) is 4.79 Å². The van der Waals surface area contributed by atoms with Crippen LogP contribution in [0.1, 0.15) is 27.6 Å². The number of methoxy groups -OCH3 is 1. The number of aliphatic hydroxyl groups is 1. The Morgan fingerprint density at radius 3 is 2.24 bits per heavy atom. The number of nitrogens with one attached hydrogen (secondary N) is 1.